The molecule has 1 atom stereocenters. The van der Waals surface area contributed by atoms with Gasteiger partial charge in [-0.25, -0.2) is 0 Å². The highest BCUT2D eigenvalue weighted by atomic mass is 16.6. The van der Waals surface area contributed by atoms with Gasteiger partial charge >= 0.3 is 17.9 Å². The molecule has 0 aromatic rings. The average Bonchev–Trinajstić information content (AvgIpc) is 3.31. The van der Waals surface area contributed by atoms with Gasteiger partial charge in [0, 0.05) is 19.3 Å². The minimum Gasteiger partial charge on any atom is -0.462 e. The number of esters is 3. The summed E-state index contributed by atoms with van der Waals surface area (Å²) in [7, 11) is 0. The van der Waals surface area contributed by atoms with Crippen molar-refractivity contribution in [3.63, 3.8) is 0 Å². The second-order valence-electron chi connectivity index (χ2n) is 16.7. The van der Waals surface area contributed by atoms with Gasteiger partial charge in [-0.2, -0.15) is 0 Å². The van der Waals surface area contributed by atoms with Crippen molar-refractivity contribution < 1.29 is 28.6 Å². The Kier molecular flexibility index (Phi) is 49.6. The van der Waals surface area contributed by atoms with E-state index in [0.717, 1.165) is 148 Å². The van der Waals surface area contributed by atoms with Crippen LogP contribution >= 0.6 is 0 Å². The van der Waals surface area contributed by atoms with Gasteiger partial charge in [0.15, 0.2) is 6.10 Å². The molecule has 0 heterocycles. The zero-order chi connectivity index (χ0) is 47.9. The van der Waals surface area contributed by atoms with Gasteiger partial charge in [0.2, 0.25) is 0 Å². The van der Waals surface area contributed by atoms with Crippen molar-refractivity contribution in [2.75, 3.05) is 13.2 Å². The predicted octanol–water partition coefficient (Wildman–Crippen LogP) is 17.5. The lowest BCUT2D eigenvalue weighted by atomic mass is 10.1. The van der Waals surface area contributed by atoms with Crippen molar-refractivity contribution in [3.05, 3.63) is 134 Å². The third-order valence-corrected chi connectivity index (χ3v) is 10.4. The number of allylic oxidation sites excluding steroid dienone is 22. The van der Waals surface area contributed by atoms with Crippen molar-refractivity contribution in [2.45, 2.75) is 213 Å². The van der Waals surface area contributed by atoms with Crippen molar-refractivity contribution in [1.29, 1.82) is 0 Å². The number of hydrogen-bond donors (Lipinski definition) is 0. The fourth-order valence-corrected chi connectivity index (χ4v) is 6.50. The quantitative estimate of drug-likeness (QED) is 0.0262. The molecular weight excluding hydrogens is 817 g/mol. The summed E-state index contributed by atoms with van der Waals surface area (Å²) in [5.74, 6) is -1.00. The lowest BCUT2D eigenvalue weighted by molar-refractivity contribution is -0.167. The Balaban J connectivity index is 4.50. The maximum absolute atomic E-state index is 12.8. The molecule has 370 valence electrons. The zero-order valence-electron chi connectivity index (χ0n) is 42.1. The fraction of sp³-hybridized carbons (Fsp3) is 0.583. The summed E-state index contributed by atoms with van der Waals surface area (Å²) in [5.41, 5.74) is 0. The largest absolute Gasteiger partial charge is 0.462 e. The molecule has 0 amide bonds. The number of hydrogen-bond acceptors (Lipinski definition) is 6. The van der Waals surface area contributed by atoms with Gasteiger partial charge in [0.25, 0.3) is 0 Å². The number of rotatable bonds is 45. The van der Waals surface area contributed by atoms with Crippen molar-refractivity contribution in [3.8, 4) is 0 Å². The summed E-state index contributed by atoms with van der Waals surface area (Å²) in [6.07, 6.45) is 74.4. The van der Waals surface area contributed by atoms with E-state index in [1.165, 1.54) is 12.8 Å². The Morgan fingerprint density at radius 2 is 0.591 bits per heavy atom. The Hall–Kier alpha value is -4.45. The smallest absolute Gasteiger partial charge is 0.306 e. The molecule has 0 N–H and O–H groups in total. The molecule has 0 rings (SSSR count). The Morgan fingerprint density at radius 1 is 0.318 bits per heavy atom. The first-order valence-electron chi connectivity index (χ1n) is 26.2. The molecule has 66 heavy (non-hydrogen) atoms. The van der Waals surface area contributed by atoms with Crippen LogP contribution in [0, 0.1) is 0 Å². The van der Waals surface area contributed by atoms with Crippen molar-refractivity contribution in [1.82, 2.24) is 0 Å². The third kappa shape index (κ3) is 50.5. The SMILES string of the molecule is CC/C=C\C/C=C\C/C=C\C/C=C\C/C=C\C/C=C\CCCCC(=O)OCC(COC(=O)CCCCCCC/C=C\CCC)OC(=O)CCCCCC/C=C\C/C=C\C/C=C\C/C=C\CC. The lowest BCUT2D eigenvalue weighted by Crippen LogP contribution is -2.30. The van der Waals surface area contributed by atoms with Crippen LogP contribution in [0.15, 0.2) is 134 Å². The average molecular weight is 911 g/mol. The van der Waals surface area contributed by atoms with E-state index in [4.69, 9.17) is 14.2 Å². The molecule has 0 aromatic heterocycles. The summed E-state index contributed by atoms with van der Waals surface area (Å²) in [6, 6.07) is 0. The fourth-order valence-electron chi connectivity index (χ4n) is 6.50. The monoisotopic (exact) mass is 911 g/mol. The molecule has 1 unspecified atom stereocenters. The first-order valence-corrected chi connectivity index (χ1v) is 26.2. The van der Waals surface area contributed by atoms with Crippen LogP contribution in [0.25, 0.3) is 0 Å². The van der Waals surface area contributed by atoms with E-state index in [1.807, 2.05) is 0 Å². The van der Waals surface area contributed by atoms with Crippen molar-refractivity contribution in [2.24, 2.45) is 0 Å². The highest BCUT2D eigenvalue weighted by Crippen LogP contribution is 2.12. The summed E-state index contributed by atoms with van der Waals surface area (Å²) in [5, 5.41) is 0. The highest BCUT2D eigenvalue weighted by molar-refractivity contribution is 5.71. The molecule has 6 nitrogen and oxygen atoms in total. The minimum atomic E-state index is -0.816. The van der Waals surface area contributed by atoms with Gasteiger partial charge in [-0.05, 0) is 128 Å². The first-order chi connectivity index (χ1) is 32.5. The van der Waals surface area contributed by atoms with Crippen LogP contribution in [0.2, 0.25) is 0 Å². The molecule has 0 aliphatic carbocycles. The van der Waals surface area contributed by atoms with E-state index in [1.54, 1.807) is 0 Å². The van der Waals surface area contributed by atoms with E-state index < -0.39 is 6.10 Å². The van der Waals surface area contributed by atoms with Gasteiger partial charge < -0.3 is 14.2 Å². The number of carbonyl (C=O) groups excluding carboxylic acids is 3. The van der Waals surface area contributed by atoms with Gasteiger partial charge in [-0.1, -0.05) is 193 Å². The van der Waals surface area contributed by atoms with Gasteiger partial charge in [-0.3, -0.25) is 14.4 Å². The highest BCUT2D eigenvalue weighted by Gasteiger charge is 2.19. The predicted molar refractivity (Wildman–Crippen MR) is 283 cm³/mol. The molecule has 0 spiro atoms. The lowest BCUT2D eigenvalue weighted by Gasteiger charge is -2.18. The molecule has 6 heteroatoms. The number of ether oxygens (including phenoxy) is 3. The Labute approximate surface area is 405 Å². The summed E-state index contributed by atoms with van der Waals surface area (Å²) >= 11 is 0. The maximum Gasteiger partial charge on any atom is 0.306 e. The summed E-state index contributed by atoms with van der Waals surface area (Å²) in [4.78, 5) is 38.0. The van der Waals surface area contributed by atoms with E-state index in [2.05, 4.69) is 154 Å². The minimum absolute atomic E-state index is 0.112. The van der Waals surface area contributed by atoms with Crippen LogP contribution in [0.3, 0.4) is 0 Å². The van der Waals surface area contributed by atoms with Crippen LogP contribution in [0.5, 0.6) is 0 Å². The van der Waals surface area contributed by atoms with E-state index in [0.29, 0.717) is 19.3 Å². The van der Waals surface area contributed by atoms with E-state index >= 15 is 0 Å². The first kappa shape index (κ1) is 61.5. The molecular formula is C60H94O6. The topological polar surface area (TPSA) is 78.9 Å². The van der Waals surface area contributed by atoms with Crippen molar-refractivity contribution >= 4 is 17.9 Å². The van der Waals surface area contributed by atoms with Gasteiger partial charge in [0.1, 0.15) is 13.2 Å². The standard InChI is InChI=1S/C60H94O6/c1-4-7-10-13-16-19-22-24-26-28-29-30-31-33-34-36-38-41-44-47-50-53-59(62)65-56-57(55-64-58(61)52-49-46-43-40-21-18-15-12-9-6-3)66-60(63)54-51-48-45-42-39-37-35-32-27-25-23-20-17-14-11-8-5-2/h7-8,10-12,15-17,19-20,24-27,29-30,33-35,37-38,41,57H,4-6,9,13-14,18,21-23,28,31-32,36,39-40,42-56H2,1-3H3/b10-7-,11-8-,15-12-,19-16-,20-17-,26-24-,27-25-,30-29-,34-33-,37-35-,41-38-. The maximum atomic E-state index is 12.8. The Morgan fingerprint density at radius 3 is 0.970 bits per heavy atom. The van der Waals surface area contributed by atoms with Crippen LogP contribution < -0.4 is 0 Å². The van der Waals surface area contributed by atoms with E-state index in [9.17, 15) is 14.4 Å². The molecule has 0 fully saturated rings. The van der Waals surface area contributed by atoms with Crippen LogP contribution in [-0.4, -0.2) is 37.2 Å². The molecule has 0 aliphatic rings. The van der Waals surface area contributed by atoms with Crippen LogP contribution in [-0.2, 0) is 28.6 Å². The van der Waals surface area contributed by atoms with Gasteiger partial charge in [0.05, 0.1) is 0 Å². The summed E-state index contributed by atoms with van der Waals surface area (Å²) in [6.45, 7) is 6.26. The molecule has 0 saturated heterocycles. The van der Waals surface area contributed by atoms with E-state index in [-0.39, 0.29) is 37.5 Å². The molecule has 0 radical (unpaired) electrons. The van der Waals surface area contributed by atoms with Gasteiger partial charge in [-0.15, -0.1) is 0 Å². The Bertz CT molecular complexity index is 1460. The molecule has 0 aliphatic heterocycles. The second-order valence-corrected chi connectivity index (χ2v) is 16.7. The molecule has 0 saturated carbocycles. The number of carbonyl (C=O) groups is 3. The molecule has 0 bridgehead atoms. The zero-order valence-corrected chi connectivity index (χ0v) is 42.1. The normalized spacial score (nSPS) is 13.2. The van der Waals surface area contributed by atoms with Crippen LogP contribution in [0.1, 0.15) is 207 Å². The molecule has 0 aromatic carbocycles. The number of unbranched alkanes of at least 4 members (excludes halogenated alkanes) is 12. The summed E-state index contributed by atoms with van der Waals surface area (Å²) < 4.78 is 16.7. The second kappa shape index (κ2) is 53.2. The van der Waals surface area contributed by atoms with Crippen LogP contribution in [0.4, 0.5) is 0 Å². The third-order valence-electron chi connectivity index (χ3n) is 10.4.